The number of halogens is 1. The number of nitrogens with zero attached hydrogens (tertiary/aromatic N) is 1. The molecule has 0 aromatic heterocycles. The molecule has 0 spiro atoms. The molecule has 0 saturated carbocycles. The van der Waals surface area contributed by atoms with E-state index in [9.17, 15) is 9.59 Å². The van der Waals surface area contributed by atoms with Crippen LogP contribution in [0, 0.1) is 0 Å². The van der Waals surface area contributed by atoms with Crippen molar-refractivity contribution >= 4 is 24.5 Å². The van der Waals surface area contributed by atoms with Gasteiger partial charge in [0.1, 0.15) is 11.6 Å². The topological polar surface area (TPSA) is 66.8 Å². The zero-order valence-corrected chi connectivity index (χ0v) is 9.92. The van der Waals surface area contributed by atoms with Crippen LogP contribution in [0.2, 0.25) is 0 Å². The van der Waals surface area contributed by atoms with Crippen molar-refractivity contribution in [1.29, 1.82) is 0 Å². The summed E-state index contributed by atoms with van der Waals surface area (Å²) in [4.78, 5) is 22.6. The van der Waals surface area contributed by atoms with Crippen LogP contribution in [0.1, 0.15) is 31.8 Å². The maximum Gasteiger partial charge on any atom is 0.410 e. The van der Waals surface area contributed by atoms with E-state index in [1.54, 1.807) is 20.8 Å². The molecule has 0 aliphatic rings. The Bertz CT molecular complexity index is 314. The van der Waals surface area contributed by atoms with Gasteiger partial charge < -0.3 is 9.84 Å². The van der Waals surface area contributed by atoms with Gasteiger partial charge in [0.15, 0.2) is 0 Å². The van der Waals surface area contributed by atoms with Gasteiger partial charge in [-0.05, 0) is 27.7 Å². The van der Waals surface area contributed by atoms with Crippen LogP contribution < -0.4 is 0 Å². The number of carbonyl (C=O) groups is 2. The van der Waals surface area contributed by atoms with Gasteiger partial charge in [-0.25, -0.2) is 9.59 Å². The van der Waals surface area contributed by atoms with Crippen molar-refractivity contribution in [3.63, 3.8) is 0 Å². The molecule has 0 radical (unpaired) electrons. The molecule has 90 valence electrons. The second-order valence-electron chi connectivity index (χ2n) is 3.86. The summed E-state index contributed by atoms with van der Waals surface area (Å²) in [5.74, 6) is -1.41. The molecule has 0 fully saturated rings. The molecule has 0 aliphatic carbocycles. The minimum Gasteiger partial charge on any atom is -0.480 e. The van der Waals surface area contributed by atoms with Crippen LogP contribution in [-0.2, 0) is 9.53 Å². The SMILES string of the molecule is Cl.[2H]C([2H])([2H])N(C(=O)OC(C)(C)C)C(C)C(=O)O. The minimum absolute atomic E-state index is 0. The first-order valence-electron chi connectivity index (χ1n) is 5.61. The molecule has 0 aliphatic heterocycles. The number of carboxylic acids is 1. The van der Waals surface area contributed by atoms with E-state index < -0.39 is 30.7 Å². The van der Waals surface area contributed by atoms with E-state index in [1.807, 2.05) is 0 Å². The van der Waals surface area contributed by atoms with Crippen LogP contribution in [-0.4, -0.2) is 40.7 Å². The Morgan fingerprint density at radius 2 is 1.93 bits per heavy atom. The summed E-state index contributed by atoms with van der Waals surface area (Å²) < 4.78 is 26.3. The molecule has 0 rings (SSSR count). The Hall–Kier alpha value is -0.970. The highest BCUT2D eigenvalue weighted by molar-refractivity contribution is 5.85. The van der Waals surface area contributed by atoms with Gasteiger partial charge in [0, 0.05) is 11.1 Å². The minimum atomic E-state index is -2.86. The number of carbonyl (C=O) groups excluding carboxylic acids is 1. The predicted molar refractivity (Wildman–Crippen MR) is 58.3 cm³/mol. The van der Waals surface area contributed by atoms with Crippen molar-refractivity contribution in [3.05, 3.63) is 0 Å². The van der Waals surface area contributed by atoms with Crippen LogP contribution in [0.3, 0.4) is 0 Å². The van der Waals surface area contributed by atoms with Crippen molar-refractivity contribution in [2.75, 3.05) is 6.98 Å². The molecule has 0 bridgehead atoms. The lowest BCUT2D eigenvalue weighted by atomic mass is 10.2. The van der Waals surface area contributed by atoms with E-state index in [1.165, 1.54) is 0 Å². The largest absolute Gasteiger partial charge is 0.480 e. The molecule has 15 heavy (non-hydrogen) atoms. The van der Waals surface area contributed by atoms with Crippen LogP contribution in [0.25, 0.3) is 0 Å². The first-order valence-corrected chi connectivity index (χ1v) is 4.11. The van der Waals surface area contributed by atoms with Crippen molar-refractivity contribution in [2.45, 2.75) is 39.3 Å². The molecule has 1 unspecified atom stereocenters. The summed E-state index contributed by atoms with van der Waals surface area (Å²) in [6.45, 7) is 2.94. The Balaban J connectivity index is 0. The zero-order valence-electron chi connectivity index (χ0n) is 12.1. The number of likely N-dealkylation sites (N-methyl/N-ethyl adjacent to an activating group) is 1. The zero-order chi connectivity index (χ0) is 14.0. The lowest BCUT2D eigenvalue weighted by Crippen LogP contribution is -2.43. The quantitative estimate of drug-likeness (QED) is 0.801. The molecule has 6 heteroatoms. The molecule has 1 atom stereocenters. The van der Waals surface area contributed by atoms with Gasteiger partial charge in [0.2, 0.25) is 0 Å². The molecule has 1 amide bonds. The lowest BCUT2D eigenvalue weighted by Gasteiger charge is -2.26. The van der Waals surface area contributed by atoms with E-state index in [-0.39, 0.29) is 17.3 Å². The first-order chi connectivity index (χ1) is 7.36. The number of rotatable bonds is 2. The van der Waals surface area contributed by atoms with Crippen molar-refractivity contribution < 1.29 is 23.5 Å². The van der Waals surface area contributed by atoms with Crippen LogP contribution in [0.4, 0.5) is 4.79 Å². The Morgan fingerprint density at radius 3 is 2.20 bits per heavy atom. The fourth-order valence-electron chi connectivity index (χ4n) is 0.580. The molecule has 1 N–H and O–H groups in total. The van der Waals surface area contributed by atoms with Gasteiger partial charge in [0.05, 0.1) is 0 Å². The van der Waals surface area contributed by atoms with E-state index in [0.717, 1.165) is 6.92 Å². The standard InChI is InChI=1S/C9H17NO4.ClH/c1-6(7(11)12)10(5)8(13)14-9(2,3)4;/h6H,1-5H3,(H,11,12);1H/i5D3;. The summed E-state index contributed by atoms with van der Waals surface area (Å²) in [6, 6.07) is -1.49. The first kappa shape index (κ1) is 10.5. The summed E-state index contributed by atoms with van der Waals surface area (Å²) in [7, 11) is 0. The molecule has 0 saturated heterocycles. The number of carboxylic acid groups (broad SMARTS) is 1. The summed E-state index contributed by atoms with van der Waals surface area (Å²) in [6.07, 6.45) is -1.17. The number of aliphatic carboxylic acids is 1. The van der Waals surface area contributed by atoms with E-state index in [4.69, 9.17) is 14.0 Å². The van der Waals surface area contributed by atoms with Gasteiger partial charge in [-0.1, -0.05) is 0 Å². The lowest BCUT2D eigenvalue weighted by molar-refractivity contribution is -0.141. The molecule has 0 aromatic carbocycles. The van der Waals surface area contributed by atoms with Crippen molar-refractivity contribution in [2.24, 2.45) is 0 Å². The second kappa shape index (κ2) is 5.80. The average molecular weight is 243 g/mol. The fourth-order valence-corrected chi connectivity index (χ4v) is 0.580. The summed E-state index contributed by atoms with van der Waals surface area (Å²) in [5, 5.41) is 8.76. The number of ether oxygens (including phenoxy) is 1. The maximum absolute atomic E-state index is 11.6. The normalized spacial score (nSPS) is 16.1. The summed E-state index contributed by atoms with van der Waals surface area (Å²) in [5.41, 5.74) is -0.890. The van der Waals surface area contributed by atoms with Crippen LogP contribution in [0.15, 0.2) is 0 Å². The number of hydrogen-bond donors (Lipinski definition) is 1. The van der Waals surface area contributed by atoms with Gasteiger partial charge in [-0.2, -0.15) is 0 Å². The third-order valence-corrected chi connectivity index (χ3v) is 1.33. The average Bonchev–Trinajstić information content (AvgIpc) is 1.96. The van der Waals surface area contributed by atoms with Crippen molar-refractivity contribution in [1.82, 2.24) is 4.90 Å². The monoisotopic (exact) mass is 242 g/mol. The Morgan fingerprint density at radius 1 is 1.47 bits per heavy atom. The van der Waals surface area contributed by atoms with E-state index in [0.29, 0.717) is 0 Å². The molecule has 0 heterocycles. The fraction of sp³-hybridized carbons (Fsp3) is 0.778. The Labute approximate surface area is 100 Å². The van der Waals surface area contributed by atoms with Gasteiger partial charge in [0.25, 0.3) is 0 Å². The highest BCUT2D eigenvalue weighted by Crippen LogP contribution is 2.10. The van der Waals surface area contributed by atoms with Crippen LogP contribution in [0.5, 0.6) is 0 Å². The number of hydrogen-bond acceptors (Lipinski definition) is 3. The predicted octanol–water partition coefficient (Wildman–Crippen LogP) is 1.75. The van der Waals surface area contributed by atoms with Gasteiger partial charge in [-0.15, -0.1) is 12.4 Å². The second-order valence-corrected chi connectivity index (χ2v) is 3.86. The summed E-state index contributed by atoms with van der Waals surface area (Å²) >= 11 is 0. The third-order valence-electron chi connectivity index (χ3n) is 1.33. The van der Waals surface area contributed by atoms with Crippen molar-refractivity contribution in [3.8, 4) is 0 Å². The molecule has 0 aromatic rings. The van der Waals surface area contributed by atoms with Gasteiger partial charge >= 0.3 is 12.1 Å². The highest BCUT2D eigenvalue weighted by atomic mass is 35.5. The van der Waals surface area contributed by atoms with E-state index >= 15 is 0 Å². The number of amides is 1. The smallest absolute Gasteiger partial charge is 0.410 e. The Kier molecular flexibility index (Phi) is 4.08. The highest BCUT2D eigenvalue weighted by Gasteiger charge is 2.26. The maximum atomic E-state index is 11.6. The van der Waals surface area contributed by atoms with Crippen LogP contribution >= 0.6 is 12.4 Å². The third kappa shape index (κ3) is 6.17. The molecular formula is C9H18ClNO4. The van der Waals surface area contributed by atoms with E-state index in [2.05, 4.69) is 0 Å². The molecular weight excluding hydrogens is 222 g/mol. The van der Waals surface area contributed by atoms with Gasteiger partial charge in [-0.3, -0.25) is 4.90 Å². The molecule has 5 nitrogen and oxygen atoms in total.